The van der Waals surface area contributed by atoms with Gasteiger partial charge in [-0.05, 0) is 55.1 Å². The molecule has 1 heteroatoms. The third-order valence-electron chi connectivity index (χ3n) is 4.46. The van der Waals surface area contributed by atoms with Crippen molar-refractivity contribution in [3.8, 4) is 0 Å². The fourth-order valence-corrected chi connectivity index (χ4v) is 3.10. The summed E-state index contributed by atoms with van der Waals surface area (Å²) in [5.41, 5.74) is 9.03. The molecular weight excluding hydrogens is 194 g/mol. The van der Waals surface area contributed by atoms with Gasteiger partial charge in [0, 0.05) is 6.04 Å². The van der Waals surface area contributed by atoms with Crippen molar-refractivity contribution in [2.24, 2.45) is 5.73 Å². The highest BCUT2D eigenvalue weighted by Gasteiger charge is 2.24. The Morgan fingerprint density at radius 3 is 1.88 bits per heavy atom. The van der Waals surface area contributed by atoms with Crippen molar-refractivity contribution >= 4 is 0 Å². The minimum absolute atomic E-state index is 0.441. The van der Waals surface area contributed by atoms with E-state index in [0.29, 0.717) is 6.04 Å². The third-order valence-corrected chi connectivity index (χ3v) is 4.46. The van der Waals surface area contributed by atoms with Crippen LogP contribution in [0.1, 0.15) is 61.5 Å². The molecule has 0 spiro atoms. The predicted octanol–water partition coefficient (Wildman–Crippen LogP) is 3.55. The Morgan fingerprint density at radius 1 is 0.812 bits per heavy atom. The molecule has 3 rings (SSSR count). The Balaban J connectivity index is 1.71. The average Bonchev–Trinajstić information content (AvgIpc) is 2.63. The summed E-state index contributed by atoms with van der Waals surface area (Å²) in [7, 11) is 0. The van der Waals surface area contributed by atoms with Gasteiger partial charge in [0.25, 0.3) is 0 Å². The molecule has 86 valence electrons. The zero-order valence-corrected chi connectivity index (χ0v) is 9.86. The Bertz CT molecular complexity index is 350. The maximum absolute atomic E-state index is 5.97. The first-order valence-electron chi connectivity index (χ1n) is 6.68. The highest BCUT2D eigenvalue weighted by atomic mass is 14.6. The van der Waals surface area contributed by atoms with E-state index >= 15 is 0 Å². The molecule has 2 unspecified atom stereocenters. The van der Waals surface area contributed by atoms with Gasteiger partial charge in [-0.25, -0.2) is 0 Å². The molecule has 16 heavy (non-hydrogen) atoms. The number of rotatable bonds is 2. The Morgan fingerprint density at radius 2 is 1.44 bits per heavy atom. The molecule has 2 fully saturated rings. The Kier molecular flexibility index (Phi) is 2.72. The molecule has 1 aromatic rings. The Labute approximate surface area is 98.0 Å². The molecule has 0 aromatic heterocycles. The maximum atomic E-state index is 5.97. The molecule has 0 bridgehead atoms. The van der Waals surface area contributed by atoms with Crippen LogP contribution in [0.2, 0.25) is 0 Å². The van der Waals surface area contributed by atoms with Crippen molar-refractivity contribution in [1.82, 2.24) is 0 Å². The number of benzene rings is 1. The van der Waals surface area contributed by atoms with Gasteiger partial charge in [-0.2, -0.15) is 0 Å². The summed E-state index contributed by atoms with van der Waals surface area (Å²) >= 11 is 0. The van der Waals surface area contributed by atoms with Crippen LogP contribution in [-0.4, -0.2) is 6.04 Å². The minimum atomic E-state index is 0.441. The molecule has 0 amide bonds. The van der Waals surface area contributed by atoms with Gasteiger partial charge in [0.15, 0.2) is 0 Å². The summed E-state index contributed by atoms with van der Waals surface area (Å²) in [6, 6.07) is 9.83. The van der Waals surface area contributed by atoms with Gasteiger partial charge in [-0.3, -0.25) is 0 Å². The van der Waals surface area contributed by atoms with Crippen LogP contribution in [-0.2, 0) is 0 Å². The number of hydrogen-bond donors (Lipinski definition) is 1. The van der Waals surface area contributed by atoms with Gasteiger partial charge in [0.2, 0.25) is 0 Å². The molecule has 2 atom stereocenters. The van der Waals surface area contributed by atoms with Crippen molar-refractivity contribution < 1.29 is 0 Å². The van der Waals surface area contributed by atoms with E-state index in [2.05, 4.69) is 24.3 Å². The van der Waals surface area contributed by atoms with E-state index < -0.39 is 0 Å². The van der Waals surface area contributed by atoms with E-state index in [9.17, 15) is 0 Å². The topological polar surface area (TPSA) is 26.0 Å². The second-order valence-electron chi connectivity index (χ2n) is 5.56. The van der Waals surface area contributed by atoms with E-state index in [1.807, 2.05) is 0 Å². The monoisotopic (exact) mass is 215 g/mol. The lowest BCUT2D eigenvalue weighted by Crippen LogP contribution is -2.14. The van der Waals surface area contributed by atoms with Crippen LogP contribution in [0.25, 0.3) is 0 Å². The van der Waals surface area contributed by atoms with Crippen LogP contribution in [0.5, 0.6) is 0 Å². The number of nitrogens with two attached hydrogens (primary N) is 1. The predicted molar refractivity (Wildman–Crippen MR) is 67.6 cm³/mol. The fourth-order valence-electron chi connectivity index (χ4n) is 3.10. The van der Waals surface area contributed by atoms with E-state index in [1.165, 1.54) is 44.1 Å². The first-order valence-corrected chi connectivity index (χ1v) is 6.68. The van der Waals surface area contributed by atoms with Crippen LogP contribution in [0.15, 0.2) is 24.3 Å². The lowest BCUT2D eigenvalue weighted by atomic mass is 9.79. The summed E-state index contributed by atoms with van der Waals surface area (Å²) in [6.07, 6.45) is 7.88. The summed E-state index contributed by atoms with van der Waals surface area (Å²) < 4.78 is 0. The lowest BCUT2D eigenvalue weighted by molar-refractivity contribution is 0.419. The van der Waals surface area contributed by atoms with E-state index in [0.717, 1.165) is 11.8 Å². The van der Waals surface area contributed by atoms with Crippen LogP contribution in [0.4, 0.5) is 0 Å². The molecule has 0 aliphatic heterocycles. The maximum Gasteiger partial charge on any atom is 0.00448 e. The normalized spacial score (nSPS) is 30.3. The second kappa shape index (κ2) is 4.21. The Hall–Kier alpha value is -0.820. The highest BCUT2D eigenvalue weighted by Crippen LogP contribution is 2.38. The van der Waals surface area contributed by atoms with E-state index in [4.69, 9.17) is 5.73 Å². The zero-order valence-electron chi connectivity index (χ0n) is 9.86. The van der Waals surface area contributed by atoms with Crippen molar-refractivity contribution in [2.75, 3.05) is 0 Å². The summed E-state index contributed by atoms with van der Waals surface area (Å²) in [4.78, 5) is 0. The molecule has 2 saturated carbocycles. The van der Waals surface area contributed by atoms with Gasteiger partial charge >= 0.3 is 0 Å². The van der Waals surface area contributed by atoms with Gasteiger partial charge in [0.1, 0.15) is 0 Å². The molecule has 2 aliphatic rings. The smallest absolute Gasteiger partial charge is 0.00448 e. The molecule has 1 aromatic carbocycles. The standard InChI is InChI=1S/C15H21N/c16-15-9-8-14(10-15)13-6-4-12(5-7-13)11-2-1-3-11/h4-7,11,14-15H,1-3,8-10,16H2. The van der Waals surface area contributed by atoms with Gasteiger partial charge in [0.05, 0.1) is 0 Å². The summed E-state index contributed by atoms with van der Waals surface area (Å²) in [5.74, 6) is 1.59. The van der Waals surface area contributed by atoms with Crippen LogP contribution in [0.3, 0.4) is 0 Å². The molecule has 0 saturated heterocycles. The largest absolute Gasteiger partial charge is 0.328 e. The number of hydrogen-bond acceptors (Lipinski definition) is 1. The van der Waals surface area contributed by atoms with Crippen LogP contribution < -0.4 is 5.73 Å². The van der Waals surface area contributed by atoms with E-state index in [1.54, 1.807) is 5.56 Å². The van der Waals surface area contributed by atoms with E-state index in [-0.39, 0.29) is 0 Å². The molecule has 0 radical (unpaired) electrons. The van der Waals surface area contributed by atoms with Gasteiger partial charge in [-0.15, -0.1) is 0 Å². The molecule has 2 aliphatic carbocycles. The van der Waals surface area contributed by atoms with Crippen LogP contribution >= 0.6 is 0 Å². The summed E-state index contributed by atoms with van der Waals surface area (Å²) in [6.45, 7) is 0. The average molecular weight is 215 g/mol. The molecular formula is C15H21N. The SMILES string of the molecule is NC1CCC(c2ccc(C3CCC3)cc2)C1. The van der Waals surface area contributed by atoms with Crippen molar-refractivity contribution in [2.45, 2.75) is 56.4 Å². The zero-order chi connectivity index (χ0) is 11.0. The first kappa shape index (κ1) is 10.3. The first-order chi connectivity index (χ1) is 7.83. The van der Waals surface area contributed by atoms with Crippen molar-refractivity contribution in [3.63, 3.8) is 0 Å². The van der Waals surface area contributed by atoms with Gasteiger partial charge < -0.3 is 5.73 Å². The second-order valence-corrected chi connectivity index (χ2v) is 5.56. The highest BCUT2D eigenvalue weighted by molar-refractivity contribution is 5.29. The fraction of sp³-hybridized carbons (Fsp3) is 0.600. The van der Waals surface area contributed by atoms with Crippen molar-refractivity contribution in [3.05, 3.63) is 35.4 Å². The van der Waals surface area contributed by atoms with Crippen LogP contribution in [0, 0.1) is 0 Å². The van der Waals surface area contributed by atoms with Gasteiger partial charge in [-0.1, -0.05) is 30.7 Å². The third kappa shape index (κ3) is 1.89. The molecule has 0 heterocycles. The minimum Gasteiger partial charge on any atom is -0.328 e. The lowest BCUT2D eigenvalue weighted by Gasteiger charge is -2.26. The molecule has 2 N–H and O–H groups in total. The molecule has 1 nitrogen and oxygen atoms in total. The van der Waals surface area contributed by atoms with Crippen molar-refractivity contribution in [1.29, 1.82) is 0 Å². The summed E-state index contributed by atoms with van der Waals surface area (Å²) in [5, 5.41) is 0. The quantitative estimate of drug-likeness (QED) is 0.802.